The average molecular weight is 582 g/mol. The number of pyridine rings is 1. The first-order valence-corrected chi connectivity index (χ1v) is 12.7. The average Bonchev–Trinajstić information content (AvgIpc) is 3.31. The van der Waals surface area contributed by atoms with Crippen LogP contribution >= 0.6 is 0 Å². The summed E-state index contributed by atoms with van der Waals surface area (Å²) in [6, 6.07) is 11.1. The van der Waals surface area contributed by atoms with Crippen LogP contribution in [0.1, 0.15) is 37.0 Å². The number of aliphatic hydroxyl groups is 2. The molecule has 4 rings (SSSR count). The van der Waals surface area contributed by atoms with Crippen LogP contribution in [0.3, 0.4) is 0 Å². The molecule has 1 saturated heterocycles. The lowest BCUT2D eigenvalue weighted by Crippen LogP contribution is -2.42. The molecule has 0 radical (unpaired) electrons. The fourth-order valence-corrected chi connectivity index (χ4v) is 5.02. The molecule has 220 valence electrons. The molecule has 2 heterocycles. The number of aromatic nitrogens is 1. The smallest absolute Gasteiger partial charge is 0.394 e. The van der Waals surface area contributed by atoms with Crippen molar-refractivity contribution in [2.45, 2.75) is 50.2 Å². The summed E-state index contributed by atoms with van der Waals surface area (Å²) in [7, 11) is 1.38. The van der Waals surface area contributed by atoms with Gasteiger partial charge in [-0.2, -0.15) is 26.3 Å². The maximum Gasteiger partial charge on any atom is 0.416 e. The Hall–Kier alpha value is -3.64. The first-order valence-electron chi connectivity index (χ1n) is 12.7. The number of anilines is 2. The van der Waals surface area contributed by atoms with Crippen molar-refractivity contribution in [2.75, 3.05) is 30.0 Å². The normalized spacial score (nSPS) is 18.1. The van der Waals surface area contributed by atoms with Gasteiger partial charge >= 0.3 is 12.4 Å². The number of carbonyl (C=O) groups is 1. The number of likely N-dealkylation sites (N-methyl/N-ethyl adjacent to an activating group) is 1. The highest BCUT2D eigenvalue weighted by atomic mass is 19.4. The zero-order valence-electron chi connectivity index (χ0n) is 22.5. The van der Waals surface area contributed by atoms with E-state index < -0.39 is 52.5 Å². The molecule has 3 aromatic rings. The van der Waals surface area contributed by atoms with E-state index in [1.807, 2.05) is 0 Å². The van der Waals surface area contributed by atoms with Crippen molar-refractivity contribution in [1.29, 1.82) is 0 Å². The Bertz CT molecular complexity index is 1380. The van der Waals surface area contributed by atoms with Gasteiger partial charge in [-0.3, -0.25) is 4.79 Å². The lowest BCUT2D eigenvalue weighted by molar-refractivity contribution is -0.143. The molecule has 6 nitrogen and oxygen atoms in total. The minimum atomic E-state index is -5.06. The molecule has 1 amide bonds. The lowest BCUT2D eigenvalue weighted by atomic mass is 9.81. The van der Waals surface area contributed by atoms with Gasteiger partial charge in [0.05, 0.1) is 47.2 Å². The first kappa shape index (κ1) is 30.3. The summed E-state index contributed by atoms with van der Waals surface area (Å²) in [6.07, 6.45) is -9.08. The van der Waals surface area contributed by atoms with Crippen molar-refractivity contribution >= 4 is 17.4 Å². The highest BCUT2D eigenvalue weighted by Crippen LogP contribution is 2.41. The molecule has 41 heavy (non-hydrogen) atoms. The molecule has 2 aromatic carbocycles. The molecule has 0 saturated carbocycles. The lowest BCUT2D eigenvalue weighted by Gasteiger charge is -2.32. The molecule has 12 heteroatoms. The SMILES string of the molecule is CN(C(=O)C(C)(C)c1cc(C(F)(F)F)cc(C(F)(F)F)c1)c1cnc(N2CC[C@H](O)[C@H]2CO)cc1-c1ccccc1. The second-order valence-corrected chi connectivity index (χ2v) is 10.5. The topological polar surface area (TPSA) is 76.9 Å². The minimum Gasteiger partial charge on any atom is -0.394 e. The Kier molecular flexibility index (Phi) is 8.12. The molecule has 0 spiro atoms. The number of hydrogen-bond donors (Lipinski definition) is 2. The predicted molar refractivity (Wildman–Crippen MR) is 141 cm³/mol. The van der Waals surface area contributed by atoms with Gasteiger partial charge in [0.2, 0.25) is 5.91 Å². The predicted octanol–water partition coefficient (Wildman–Crippen LogP) is 5.66. The van der Waals surface area contributed by atoms with Crippen molar-refractivity contribution in [3.05, 3.63) is 77.5 Å². The van der Waals surface area contributed by atoms with Crippen molar-refractivity contribution in [3.63, 3.8) is 0 Å². The van der Waals surface area contributed by atoms with Crippen molar-refractivity contribution in [1.82, 2.24) is 4.98 Å². The Labute approximate surface area is 232 Å². The van der Waals surface area contributed by atoms with E-state index in [2.05, 4.69) is 4.98 Å². The van der Waals surface area contributed by atoms with Crippen LogP contribution in [0.25, 0.3) is 11.1 Å². The number of carbonyl (C=O) groups excluding carboxylic acids is 1. The summed E-state index contributed by atoms with van der Waals surface area (Å²) >= 11 is 0. The van der Waals surface area contributed by atoms with Crippen LogP contribution in [0.4, 0.5) is 37.8 Å². The van der Waals surface area contributed by atoms with Crippen LogP contribution < -0.4 is 9.80 Å². The van der Waals surface area contributed by atoms with E-state index in [9.17, 15) is 41.4 Å². The number of halogens is 6. The Morgan fingerprint density at radius 1 is 0.976 bits per heavy atom. The molecule has 2 atom stereocenters. The Morgan fingerprint density at radius 2 is 1.54 bits per heavy atom. The highest BCUT2D eigenvalue weighted by molar-refractivity contribution is 6.03. The van der Waals surface area contributed by atoms with E-state index >= 15 is 0 Å². The first-order chi connectivity index (χ1) is 19.1. The second-order valence-electron chi connectivity index (χ2n) is 10.5. The van der Waals surface area contributed by atoms with E-state index in [0.717, 1.165) is 4.90 Å². The van der Waals surface area contributed by atoms with Gasteiger partial charge in [0.15, 0.2) is 0 Å². The largest absolute Gasteiger partial charge is 0.416 e. The molecule has 0 unspecified atom stereocenters. The van der Waals surface area contributed by atoms with Crippen molar-refractivity contribution in [2.24, 2.45) is 0 Å². The fourth-order valence-electron chi connectivity index (χ4n) is 5.02. The summed E-state index contributed by atoms with van der Waals surface area (Å²) < 4.78 is 81.2. The number of hydrogen-bond acceptors (Lipinski definition) is 5. The fraction of sp³-hybridized carbons (Fsp3) is 0.379. The third-order valence-electron chi connectivity index (χ3n) is 7.45. The third kappa shape index (κ3) is 6.03. The highest BCUT2D eigenvalue weighted by Gasteiger charge is 2.41. The monoisotopic (exact) mass is 581 g/mol. The van der Waals surface area contributed by atoms with Crippen LogP contribution in [0.5, 0.6) is 0 Å². The second kappa shape index (κ2) is 11.0. The maximum atomic E-state index is 13.8. The van der Waals surface area contributed by atoms with Crippen molar-refractivity contribution < 1.29 is 41.4 Å². The molecular weight excluding hydrogens is 552 g/mol. The zero-order chi connectivity index (χ0) is 30.3. The van der Waals surface area contributed by atoms with Gasteiger partial charge in [-0.1, -0.05) is 30.3 Å². The number of benzene rings is 2. The van der Waals surface area contributed by atoms with Crippen LogP contribution in [0.2, 0.25) is 0 Å². The summed E-state index contributed by atoms with van der Waals surface area (Å²) in [4.78, 5) is 21.2. The Morgan fingerprint density at radius 3 is 2.07 bits per heavy atom. The molecule has 1 fully saturated rings. The van der Waals surface area contributed by atoms with Gasteiger partial charge in [-0.05, 0) is 55.7 Å². The summed E-state index contributed by atoms with van der Waals surface area (Å²) in [6.45, 7) is 2.65. The van der Waals surface area contributed by atoms with E-state index in [-0.39, 0.29) is 18.4 Å². The van der Waals surface area contributed by atoms with E-state index in [1.165, 1.54) is 27.1 Å². The van der Waals surface area contributed by atoms with Crippen LogP contribution in [0, 0.1) is 0 Å². The molecule has 0 aliphatic carbocycles. The zero-order valence-corrected chi connectivity index (χ0v) is 22.5. The number of nitrogens with zero attached hydrogens (tertiary/aromatic N) is 3. The molecule has 0 bridgehead atoms. The number of rotatable bonds is 6. The summed E-state index contributed by atoms with van der Waals surface area (Å²) in [5.74, 6) is -0.336. The standard InChI is InChI=1S/C29H29F6N3O3/c1-27(2,18-11-19(28(30,31)32)13-20(12-18)29(33,34)35)26(41)37(3)22-15-36-25(38-10-9-24(40)23(38)16-39)14-21(22)17-7-5-4-6-8-17/h4-8,11-15,23-24,39-40H,9-10,16H2,1-3H3/t23-,24+/m1/s1. The molecule has 1 aliphatic rings. The molecular formula is C29H29F6N3O3. The van der Waals surface area contributed by atoms with E-state index in [4.69, 9.17) is 0 Å². The minimum absolute atomic E-state index is 0.0266. The van der Waals surface area contributed by atoms with Crippen LogP contribution in [-0.2, 0) is 22.6 Å². The van der Waals surface area contributed by atoms with E-state index in [1.54, 1.807) is 41.3 Å². The van der Waals surface area contributed by atoms with Crippen LogP contribution in [-0.4, -0.2) is 53.4 Å². The van der Waals surface area contributed by atoms with Gasteiger partial charge in [0, 0.05) is 19.2 Å². The number of alkyl halides is 6. The number of aliphatic hydroxyl groups excluding tert-OH is 2. The Balaban J connectivity index is 1.79. The van der Waals surface area contributed by atoms with Crippen molar-refractivity contribution in [3.8, 4) is 11.1 Å². The van der Waals surface area contributed by atoms with Gasteiger partial charge < -0.3 is 20.0 Å². The molecule has 1 aliphatic heterocycles. The molecule has 2 N–H and O–H groups in total. The van der Waals surface area contributed by atoms with E-state index in [0.29, 0.717) is 42.0 Å². The van der Waals surface area contributed by atoms with Gasteiger partial charge in [0.25, 0.3) is 0 Å². The number of amides is 1. The van der Waals surface area contributed by atoms with Gasteiger partial charge in [-0.25, -0.2) is 4.98 Å². The molecule has 1 aromatic heterocycles. The quantitative estimate of drug-likeness (QED) is 0.368. The third-order valence-corrected chi connectivity index (χ3v) is 7.45. The maximum absolute atomic E-state index is 13.8. The summed E-state index contributed by atoms with van der Waals surface area (Å²) in [5.41, 5.74) is -3.81. The van der Waals surface area contributed by atoms with Gasteiger partial charge in [0.1, 0.15) is 5.82 Å². The van der Waals surface area contributed by atoms with Gasteiger partial charge in [-0.15, -0.1) is 0 Å². The summed E-state index contributed by atoms with van der Waals surface area (Å²) in [5, 5.41) is 20.0. The van der Waals surface area contributed by atoms with Crippen LogP contribution in [0.15, 0.2) is 60.8 Å².